The van der Waals surface area contributed by atoms with Crippen LogP contribution in [0.3, 0.4) is 0 Å². The number of hydrogen-bond acceptors (Lipinski definition) is 4. The van der Waals surface area contributed by atoms with E-state index in [-0.39, 0.29) is 66.0 Å². The summed E-state index contributed by atoms with van der Waals surface area (Å²) in [6, 6.07) is 39.3. The molecular weight excluding hydrogens is 1350 g/mol. The van der Waals surface area contributed by atoms with Crippen molar-refractivity contribution in [3.8, 4) is 50.7 Å². The number of para-hydroxylation sites is 3. The molecule has 0 atom stereocenters. The van der Waals surface area contributed by atoms with Gasteiger partial charge in [-0.3, -0.25) is 0 Å². The first kappa shape index (κ1) is 65.1. The summed E-state index contributed by atoms with van der Waals surface area (Å²) < 4.78 is 168. The zero-order chi connectivity index (χ0) is 64.7. The van der Waals surface area contributed by atoms with Crippen LogP contribution in [-0.2, 0) is 48.1 Å². The Labute approximate surface area is 532 Å². The molecule has 0 spiro atoms. The molecule has 90 heavy (non-hydrogen) atoms. The summed E-state index contributed by atoms with van der Waals surface area (Å²) in [7, 11) is 0. The third-order valence-electron chi connectivity index (χ3n) is 16.4. The number of ether oxygens (including phenoxy) is 1. The van der Waals surface area contributed by atoms with E-state index in [4.69, 9.17) is 9.72 Å². The predicted octanol–water partition coefficient (Wildman–Crippen LogP) is 21.9. The molecule has 0 N–H and O–H groups in total. The number of anilines is 4. The van der Waals surface area contributed by atoms with E-state index < -0.39 is 102 Å². The largest absolute Gasteiger partial charge is 0.509 e. The van der Waals surface area contributed by atoms with Crippen molar-refractivity contribution in [3.05, 3.63) is 220 Å². The summed E-state index contributed by atoms with van der Waals surface area (Å²) in [5, 5.41) is 1.81. The smallest absolute Gasteiger partial charge is 0.200 e. The van der Waals surface area contributed by atoms with E-state index in [0.29, 0.717) is 16.9 Å². The minimum Gasteiger partial charge on any atom is -0.509 e. The van der Waals surface area contributed by atoms with E-state index in [1.165, 1.54) is 12.7 Å². The topological polar surface area (TPSA) is 33.5 Å². The Hall–Kier alpha value is -7.90. The second-order valence-electron chi connectivity index (χ2n) is 27.9. The molecule has 0 radical (unpaired) electrons. The van der Waals surface area contributed by atoms with Crippen molar-refractivity contribution in [3.63, 3.8) is 0 Å². The predicted molar refractivity (Wildman–Crippen MR) is 334 cm³/mol. The zero-order valence-electron chi connectivity index (χ0n) is 52.3. The second kappa shape index (κ2) is 22.8. The number of pyridine rings is 1. The molecule has 470 valence electrons. The summed E-state index contributed by atoms with van der Waals surface area (Å²) in [5.41, 5.74) is -0.490. The third-order valence-corrected chi connectivity index (χ3v) is 16.4. The van der Waals surface area contributed by atoms with Crippen LogP contribution in [0.4, 0.5) is 66.7 Å². The van der Waals surface area contributed by atoms with Crippen LogP contribution in [0.1, 0.15) is 132 Å². The number of nitrogens with zero attached hydrogens (tertiary/aromatic N) is 4. The van der Waals surface area contributed by atoms with Crippen molar-refractivity contribution in [1.29, 1.82) is 0 Å². The quantitative estimate of drug-likeness (QED) is 0.0657. The van der Waals surface area contributed by atoms with E-state index in [1.54, 1.807) is 56.1 Å². The molecule has 2 aromatic heterocycles. The van der Waals surface area contributed by atoms with Gasteiger partial charge in [-0.15, -0.1) is 53.6 Å². The van der Waals surface area contributed by atoms with Crippen molar-refractivity contribution < 1.29 is 69.7 Å². The number of benzene rings is 8. The van der Waals surface area contributed by atoms with Crippen molar-refractivity contribution in [1.82, 2.24) is 9.55 Å². The van der Waals surface area contributed by atoms with Gasteiger partial charge in [0.2, 0.25) is 11.6 Å². The Kier molecular flexibility index (Phi) is 16.5. The van der Waals surface area contributed by atoms with Gasteiger partial charge in [-0.2, -0.15) is 6.07 Å². The van der Waals surface area contributed by atoms with Gasteiger partial charge in [0.05, 0.1) is 11.1 Å². The van der Waals surface area contributed by atoms with Crippen LogP contribution in [0.2, 0.25) is 0 Å². The number of aromatic nitrogens is 2. The Morgan fingerprint density at radius 1 is 0.422 bits per heavy atom. The SMILES string of the molecule is CC(C)(C)c1ccnc(-n2c3[c-]c(Oc4[c-]c(N5[CH-]N(c6c(-c7c(F)c(F)c(F)c(F)c7F)cc(C(C)(C)C)cc6-c6c(F)c(F)c(F)c(F)c6F)c6ccccc65)cc(-c5c(C(C)(C)C)cc(C(C)(C)C)cc5C(C)(C)C)c4)ccc3c3ccccc32)c1.[Pt]. The Morgan fingerprint density at radius 3 is 1.39 bits per heavy atom. The van der Waals surface area contributed by atoms with Gasteiger partial charge in [-0.25, -0.2) is 48.9 Å². The fraction of sp³-hybridized carbons (Fsp3) is 0.270. The standard InChI is InChI=1S/C74H65F10N4O.Pt/c1-70(2,3)39-26-27-85-55(34-39)88-51-21-17-16-20-45(51)46-25-24-43(36-54(46)88)89-44-29-38(56-49(73(10,11)12)32-41(72(7,8)9)33-50(56)74(13,14)15)28-42(35-44)86-37-87(53-23-19-18-22-52(53)86)69-47(57-59(75)63(79)67(83)64(80)60(57)76)30-40(71(4,5)6)31-48(69)58-61(77)65(81)68(84)66(82)62(58)78;/h16-34,37H,1-15H3;/q-3;. The summed E-state index contributed by atoms with van der Waals surface area (Å²) in [4.78, 5) is 7.58. The average molecular weight is 1410 g/mol. The van der Waals surface area contributed by atoms with Crippen LogP contribution in [-0.4, -0.2) is 9.55 Å². The zero-order valence-corrected chi connectivity index (χ0v) is 54.6. The maximum Gasteiger partial charge on any atom is 0.200 e. The van der Waals surface area contributed by atoms with Gasteiger partial charge < -0.3 is 19.1 Å². The molecule has 0 amide bonds. The fourth-order valence-corrected chi connectivity index (χ4v) is 11.6. The number of hydrogen-bond donors (Lipinski definition) is 0. The summed E-state index contributed by atoms with van der Waals surface area (Å²) in [5.74, 6) is -22.6. The first-order valence-electron chi connectivity index (χ1n) is 29.1. The minimum atomic E-state index is -2.49. The van der Waals surface area contributed by atoms with Gasteiger partial charge in [-0.1, -0.05) is 152 Å². The Bertz CT molecular complexity index is 4370. The molecule has 0 saturated heterocycles. The third kappa shape index (κ3) is 11.2. The fourth-order valence-electron chi connectivity index (χ4n) is 11.6. The normalized spacial score (nSPS) is 13.2. The van der Waals surface area contributed by atoms with Gasteiger partial charge in [0.15, 0.2) is 46.5 Å². The molecule has 3 heterocycles. The molecule has 1 aliphatic rings. The maximum atomic E-state index is 16.7. The van der Waals surface area contributed by atoms with Crippen molar-refractivity contribution in [2.75, 3.05) is 9.80 Å². The van der Waals surface area contributed by atoms with E-state index in [2.05, 4.69) is 107 Å². The first-order valence-corrected chi connectivity index (χ1v) is 29.1. The summed E-state index contributed by atoms with van der Waals surface area (Å²) >= 11 is 0. The molecule has 0 bridgehead atoms. The molecule has 0 aliphatic carbocycles. The van der Waals surface area contributed by atoms with E-state index in [1.807, 2.05) is 59.2 Å². The monoisotopic (exact) mass is 1410 g/mol. The molecule has 0 saturated carbocycles. The molecule has 16 heteroatoms. The molecule has 11 rings (SSSR count). The minimum absolute atomic E-state index is 0. The molecule has 1 aliphatic heterocycles. The van der Waals surface area contributed by atoms with Crippen LogP contribution >= 0.6 is 0 Å². The van der Waals surface area contributed by atoms with Gasteiger partial charge in [0.1, 0.15) is 5.82 Å². The summed E-state index contributed by atoms with van der Waals surface area (Å²) in [6.45, 7) is 31.5. The van der Waals surface area contributed by atoms with Crippen LogP contribution in [0.25, 0.3) is 61.0 Å². The van der Waals surface area contributed by atoms with Crippen LogP contribution in [0.5, 0.6) is 11.5 Å². The van der Waals surface area contributed by atoms with Crippen molar-refractivity contribution >= 4 is 44.6 Å². The molecule has 8 aromatic carbocycles. The van der Waals surface area contributed by atoms with Gasteiger partial charge >= 0.3 is 0 Å². The van der Waals surface area contributed by atoms with Gasteiger partial charge in [0.25, 0.3) is 0 Å². The number of halogens is 10. The van der Waals surface area contributed by atoms with E-state index in [0.717, 1.165) is 61.1 Å². The van der Waals surface area contributed by atoms with Crippen LogP contribution in [0.15, 0.2) is 115 Å². The van der Waals surface area contributed by atoms with Gasteiger partial charge in [0, 0.05) is 72.5 Å². The summed E-state index contributed by atoms with van der Waals surface area (Å²) in [6.07, 6.45) is 1.78. The van der Waals surface area contributed by atoms with Crippen molar-refractivity contribution in [2.45, 2.75) is 131 Å². The molecular formula is C74H65F10N4OPt-3. The van der Waals surface area contributed by atoms with Crippen LogP contribution < -0.4 is 14.5 Å². The molecule has 0 unspecified atom stereocenters. The Balaban J connectivity index is 0.00000891. The molecule has 10 aromatic rings. The second-order valence-corrected chi connectivity index (χ2v) is 27.9. The van der Waals surface area contributed by atoms with Gasteiger partial charge in [-0.05, 0) is 108 Å². The van der Waals surface area contributed by atoms with Crippen LogP contribution in [0, 0.1) is 77.0 Å². The van der Waals surface area contributed by atoms with E-state index in [9.17, 15) is 8.78 Å². The first-order chi connectivity index (χ1) is 41.5. The molecule has 0 fully saturated rings. The Morgan fingerprint density at radius 2 is 0.889 bits per heavy atom. The van der Waals surface area contributed by atoms with Crippen molar-refractivity contribution in [2.24, 2.45) is 0 Å². The number of fused-ring (bicyclic) bond motifs is 4. The number of rotatable bonds is 8. The maximum absolute atomic E-state index is 16.7. The van der Waals surface area contributed by atoms with E-state index >= 15 is 35.1 Å². The molecule has 5 nitrogen and oxygen atoms in total. The average Bonchev–Trinajstić information content (AvgIpc) is 1.16.